The van der Waals surface area contributed by atoms with Crippen molar-refractivity contribution in [1.29, 1.82) is 0 Å². The minimum Gasteiger partial charge on any atom is -0.497 e. The topological polar surface area (TPSA) is 102 Å². The molecule has 9 heteroatoms. The van der Waals surface area contributed by atoms with Gasteiger partial charge in [-0.1, -0.05) is 11.8 Å². The zero-order valence-corrected chi connectivity index (χ0v) is 15.7. The Bertz CT molecular complexity index is 851. The molecule has 1 saturated heterocycles. The number of ether oxygens (including phenoxy) is 2. The van der Waals surface area contributed by atoms with Crippen molar-refractivity contribution in [2.75, 3.05) is 19.5 Å². The van der Waals surface area contributed by atoms with E-state index in [0.717, 1.165) is 0 Å². The molecule has 0 radical (unpaired) electrons. The van der Waals surface area contributed by atoms with E-state index in [1.165, 1.54) is 18.9 Å². The molecule has 1 atom stereocenters. The van der Waals surface area contributed by atoms with E-state index in [9.17, 15) is 9.59 Å². The molecule has 3 rings (SSSR count). The van der Waals surface area contributed by atoms with E-state index in [-0.39, 0.29) is 18.2 Å². The van der Waals surface area contributed by atoms with E-state index in [1.54, 1.807) is 43.7 Å². The smallest absolute Gasteiger partial charge is 0.240 e. The molecule has 1 aliphatic heterocycles. The Morgan fingerprint density at radius 2 is 2.19 bits per heavy atom. The van der Waals surface area contributed by atoms with Gasteiger partial charge in [0.15, 0.2) is 5.17 Å². The van der Waals surface area contributed by atoms with Gasteiger partial charge in [0.2, 0.25) is 11.8 Å². The molecule has 0 bridgehead atoms. The van der Waals surface area contributed by atoms with Crippen LogP contribution in [0.4, 0.5) is 5.69 Å². The van der Waals surface area contributed by atoms with Gasteiger partial charge in [0.1, 0.15) is 22.5 Å². The standard InChI is InChI=1S/C18H19N3O5S/c1-24-11-5-6-13(14(8-11)25-2)20-16(22)9-15-17(23)21-18(27-15)19-10-12-4-3-7-26-12/h3-8,15H,9-10H2,1-2H3,(H,20,22)(H,19,21,23). The first kappa shape index (κ1) is 18.8. The van der Waals surface area contributed by atoms with Crippen molar-refractivity contribution < 1.29 is 23.5 Å². The summed E-state index contributed by atoms with van der Waals surface area (Å²) in [5.74, 6) is 1.26. The van der Waals surface area contributed by atoms with Crippen LogP contribution in [0.15, 0.2) is 46.0 Å². The third-order valence-electron chi connectivity index (χ3n) is 3.79. The summed E-state index contributed by atoms with van der Waals surface area (Å²) in [7, 11) is 3.06. The van der Waals surface area contributed by atoms with E-state index in [0.29, 0.717) is 34.7 Å². The molecule has 8 nitrogen and oxygen atoms in total. The van der Waals surface area contributed by atoms with Crippen LogP contribution in [-0.4, -0.2) is 36.5 Å². The number of carbonyl (C=O) groups is 2. The molecule has 142 valence electrons. The second-order valence-electron chi connectivity index (χ2n) is 5.62. The molecule has 0 saturated carbocycles. The van der Waals surface area contributed by atoms with Crippen molar-refractivity contribution in [3.8, 4) is 11.5 Å². The van der Waals surface area contributed by atoms with Crippen molar-refractivity contribution in [3.05, 3.63) is 42.4 Å². The molecule has 1 aromatic carbocycles. The third-order valence-corrected chi connectivity index (χ3v) is 4.91. The van der Waals surface area contributed by atoms with Gasteiger partial charge in [0.25, 0.3) is 0 Å². The van der Waals surface area contributed by atoms with Crippen LogP contribution >= 0.6 is 11.8 Å². The monoisotopic (exact) mass is 389 g/mol. The first-order chi connectivity index (χ1) is 13.1. The molecule has 1 aromatic heterocycles. The van der Waals surface area contributed by atoms with Crippen molar-refractivity contribution in [1.82, 2.24) is 5.32 Å². The first-order valence-corrected chi connectivity index (χ1v) is 9.03. The Morgan fingerprint density at radius 1 is 1.33 bits per heavy atom. The van der Waals surface area contributed by atoms with E-state index < -0.39 is 5.25 Å². The fraction of sp³-hybridized carbons (Fsp3) is 0.278. The molecular weight excluding hydrogens is 370 g/mol. The summed E-state index contributed by atoms with van der Waals surface area (Å²) >= 11 is 1.23. The van der Waals surface area contributed by atoms with E-state index in [4.69, 9.17) is 13.9 Å². The van der Waals surface area contributed by atoms with Gasteiger partial charge in [0.05, 0.1) is 32.7 Å². The number of carbonyl (C=O) groups excluding carboxylic acids is 2. The van der Waals surface area contributed by atoms with Crippen LogP contribution in [0.3, 0.4) is 0 Å². The number of furan rings is 1. The largest absolute Gasteiger partial charge is 0.497 e. The summed E-state index contributed by atoms with van der Waals surface area (Å²) in [6.07, 6.45) is 1.59. The van der Waals surface area contributed by atoms with Crippen molar-refractivity contribution >= 4 is 34.4 Å². The average molecular weight is 389 g/mol. The zero-order chi connectivity index (χ0) is 19.2. The van der Waals surface area contributed by atoms with Gasteiger partial charge in [-0.25, -0.2) is 0 Å². The lowest BCUT2D eigenvalue weighted by atomic mass is 10.2. The Hall–Kier alpha value is -2.94. The van der Waals surface area contributed by atoms with Crippen LogP contribution in [-0.2, 0) is 16.1 Å². The number of anilines is 1. The normalized spacial score (nSPS) is 17.6. The van der Waals surface area contributed by atoms with Gasteiger partial charge in [-0.3, -0.25) is 14.6 Å². The highest BCUT2D eigenvalue weighted by molar-refractivity contribution is 8.15. The second kappa shape index (κ2) is 8.63. The highest BCUT2D eigenvalue weighted by Crippen LogP contribution is 2.30. The van der Waals surface area contributed by atoms with Gasteiger partial charge in [-0.2, -0.15) is 0 Å². The van der Waals surface area contributed by atoms with E-state index >= 15 is 0 Å². The van der Waals surface area contributed by atoms with Crippen LogP contribution in [0.25, 0.3) is 0 Å². The second-order valence-corrected chi connectivity index (χ2v) is 6.81. The van der Waals surface area contributed by atoms with Crippen LogP contribution < -0.4 is 20.1 Å². The summed E-state index contributed by atoms with van der Waals surface area (Å²) in [5.41, 5.74) is 0.512. The van der Waals surface area contributed by atoms with Crippen molar-refractivity contribution in [2.24, 2.45) is 4.99 Å². The minimum atomic E-state index is -0.537. The number of rotatable bonds is 7. The Labute approximate surface area is 160 Å². The number of thioether (sulfide) groups is 1. The molecule has 1 aliphatic rings. The van der Waals surface area contributed by atoms with Crippen molar-refractivity contribution in [2.45, 2.75) is 18.2 Å². The molecule has 1 unspecified atom stereocenters. The van der Waals surface area contributed by atoms with Crippen LogP contribution in [0, 0.1) is 0 Å². The molecule has 0 spiro atoms. The molecule has 2 amide bonds. The van der Waals surface area contributed by atoms with Crippen LogP contribution in [0.1, 0.15) is 12.2 Å². The van der Waals surface area contributed by atoms with Crippen LogP contribution in [0.5, 0.6) is 11.5 Å². The predicted molar refractivity (Wildman–Crippen MR) is 102 cm³/mol. The number of amidine groups is 1. The number of hydrogen-bond acceptors (Lipinski definition) is 7. The van der Waals surface area contributed by atoms with Crippen LogP contribution in [0.2, 0.25) is 0 Å². The number of nitrogens with one attached hydrogen (secondary N) is 2. The molecule has 27 heavy (non-hydrogen) atoms. The predicted octanol–water partition coefficient (Wildman–Crippen LogP) is 2.41. The molecule has 0 aliphatic carbocycles. The van der Waals surface area contributed by atoms with Gasteiger partial charge in [0, 0.05) is 12.5 Å². The SMILES string of the molecule is COc1ccc(NC(=O)CC2SC(=NCc3ccco3)NC2=O)c(OC)c1. The number of methoxy groups -OCH3 is 2. The summed E-state index contributed by atoms with van der Waals surface area (Å²) in [4.78, 5) is 28.7. The third kappa shape index (κ3) is 4.82. The summed E-state index contributed by atoms with van der Waals surface area (Å²) in [6.45, 7) is 0.331. The summed E-state index contributed by atoms with van der Waals surface area (Å²) < 4.78 is 15.6. The number of aliphatic imine (C=N–C) groups is 1. The quantitative estimate of drug-likeness (QED) is 0.754. The van der Waals surface area contributed by atoms with E-state index in [1.807, 2.05) is 0 Å². The molecule has 2 heterocycles. The number of nitrogens with zero attached hydrogens (tertiary/aromatic N) is 1. The van der Waals surface area contributed by atoms with Gasteiger partial charge >= 0.3 is 0 Å². The maximum Gasteiger partial charge on any atom is 0.240 e. The van der Waals surface area contributed by atoms with Gasteiger partial charge in [-0.15, -0.1) is 0 Å². The Balaban J connectivity index is 1.58. The first-order valence-electron chi connectivity index (χ1n) is 8.15. The zero-order valence-electron chi connectivity index (χ0n) is 14.9. The maximum absolute atomic E-state index is 12.3. The lowest BCUT2D eigenvalue weighted by Crippen LogP contribution is -2.28. The Morgan fingerprint density at radius 3 is 2.89 bits per heavy atom. The molecule has 2 N–H and O–H groups in total. The highest BCUT2D eigenvalue weighted by atomic mass is 32.2. The van der Waals surface area contributed by atoms with Crippen molar-refractivity contribution in [3.63, 3.8) is 0 Å². The van der Waals surface area contributed by atoms with E-state index in [2.05, 4.69) is 15.6 Å². The number of hydrogen-bond donors (Lipinski definition) is 2. The average Bonchev–Trinajstić information content (AvgIpc) is 3.30. The summed E-state index contributed by atoms with van der Waals surface area (Å²) in [5, 5.41) is 5.39. The Kier molecular flexibility index (Phi) is 6.02. The fourth-order valence-corrected chi connectivity index (χ4v) is 3.41. The lowest BCUT2D eigenvalue weighted by Gasteiger charge is -2.12. The summed E-state index contributed by atoms with van der Waals surface area (Å²) in [6, 6.07) is 8.66. The fourth-order valence-electron chi connectivity index (χ4n) is 2.44. The minimum absolute atomic E-state index is 0.0193. The van der Waals surface area contributed by atoms with Gasteiger partial charge < -0.3 is 24.5 Å². The molecular formula is C18H19N3O5S. The molecule has 1 fully saturated rings. The lowest BCUT2D eigenvalue weighted by molar-refractivity contribution is -0.122. The number of benzene rings is 1. The molecule has 2 aromatic rings. The highest BCUT2D eigenvalue weighted by Gasteiger charge is 2.32. The van der Waals surface area contributed by atoms with Gasteiger partial charge in [-0.05, 0) is 24.3 Å². The number of amides is 2. The maximum atomic E-state index is 12.3.